The minimum Gasteiger partial charge on any atom is -0.337 e. The summed E-state index contributed by atoms with van der Waals surface area (Å²) in [5.41, 5.74) is 1.99. The Morgan fingerprint density at radius 3 is 2.43 bits per heavy atom. The van der Waals surface area contributed by atoms with E-state index in [0.29, 0.717) is 25.2 Å². The van der Waals surface area contributed by atoms with Crippen molar-refractivity contribution < 1.29 is 9.18 Å². The third kappa shape index (κ3) is 4.53. The first-order chi connectivity index (χ1) is 14.6. The van der Waals surface area contributed by atoms with Crippen LogP contribution in [0.15, 0.2) is 36.7 Å². The van der Waals surface area contributed by atoms with Gasteiger partial charge < -0.3 is 9.47 Å². The maximum atomic E-state index is 13.3. The van der Waals surface area contributed by atoms with Gasteiger partial charge in [0.05, 0.1) is 11.9 Å². The molecule has 0 saturated heterocycles. The van der Waals surface area contributed by atoms with Crippen LogP contribution in [0.1, 0.15) is 47.7 Å². The predicted octanol–water partition coefficient (Wildman–Crippen LogP) is 3.44. The molecule has 1 amide bonds. The Kier molecular flexibility index (Phi) is 6.11. The van der Waals surface area contributed by atoms with Gasteiger partial charge in [-0.05, 0) is 44.0 Å². The molecule has 2 aromatic heterocycles. The standard InChI is InChI=1S/C22H25FN6O/c1-16-14-25-19(15-24-16)22(30)28-11-4-2-3-5-12-29-20(10-13-28)26-27-21(29)17-6-8-18(23)9-7-17/h6-9,14-15H,2-5,10-13H2,1H3. The van der Waals surface area contributed by atoms with Gasteiger partial charge in [-0.15, -0.1) is 10.2 Å². The van der Waals surface area contributed by atoms with Gasteiger partial charge in [0.15, 0.2) is 5.82 Å². The van der Waals surface area contributed by atoms with Crippen molar-refractivity contribution in [2.45, 2.75) is 45.6 Å². The van der Waals surface area contributed by atoms with Crippen molar-refractivity contribution in [1.82, 2.24) is 29.6 Å². The molecule has 4 rings (SSSR count). The zero-order valence-corrected chi connectivity index (χ0v) is 17.1. The van der Waals surface area contributed by atoms with Gasteiger partial charge in [-0.2, -0.15) is 0 Å². The summed E-state index contributed by atoms with van der Waals surface area (Å²) in [4.78, 5) is 23.3. The number of hydrogen-bond acceptors (Lipinski definition) is 5. The monoisotopic (exact) mass is 408 g/mol. The molecule has 3 heterocycles. The van der Waals surface area contributed by atoms with E-state index in [9.17, 15) is 9.18 Å². The third-order valence-corrected chi connectivity index (χ3v) is 5.38. The highest BCUT2D eigenvalue weighted by Gasteiger charge is 2.20. The molecule has 0 radical (unpaired) electrons. The number of hydrogen-bond donors (Lipinski definition) is 0. The highest BCUT2D eigenvalue weighted by molar-refractivity contribution is 5.92. The van der Waals surface area contributed by atoms with E-state index >= 15 is 0 Å². The molecule has 0 N–H and O–H groups in total. The number of carbonyl (C=O) groups excluding carboxylic acids is 1. The van der Waals surface area contributed by atoms with Crippen molar-refractivity contribution in [3.63, 3.8) is 0 Å². The van der Waals surface area contributed by atoms with Crippen LogP contribution in [0.2, 0.25) is 0 Å². The summed E-state index contributed by atoms with van der Waals surface area (Å²) < 4.78 is 15.4. The first kappa shape index (κ1) is 20.1. The van der Waals surface area contributed by atoms with Gasteiger partial charge in [0.2, 0.25) is 0 Å². The number of fused-ring (bicyclic) bond motifs is 1. The second-order valence-electron chi connectivity index (χ2n) is 7.60. The minimum absolute atomic E-state index is 0.105. The summed E-state index contributed by atoms with van der Waals surface area (Å²) in [6.07, 6.45) is 7.83. The average molecular weight is 408 g/mol. The molecule has 1 aliphatic rings. The lowest BCUT2D eigenvalue weighted by Crippen LogP contribution is -2.34. The molecule has 1 aliphatic heterocycles. The Hall–Kier alpha value is -3.16. The summed E-state index contributed by atoms with van der Waals surface area (Å²) >= 11 is 0. The molecule has 0 saturated carbocycles. The van der Waals surface area contributed by atoms with Gasteiger partial charge >= 0.3 is 0 Å². The molecule has 7 nitrogen and oxygen atoms in total. The maximum Gasteiger partial charge on any atom is 0.274 e. The van der Waals surface area contributed by atoms with Gasteiger partial charge in [-0.25, -0.2) is 9.37 Å². The van der Waals surface area contributed by atoms with Crippen LogP contribution in [-0.4, -0.2) is 48.6 Å². The number of amides is 1. The van der Waals surface area contributed by atoms with Crippen LogP contribution >= 0.6 is 0 Å². The lowest BCUT2D eigenvalue weighted by atomic mass is 10.1. The van der Waals surface area contributed by atoms with Crippen LogP contribution in [0, 0.1) is 12.7 Å². The molecular formula is C22H25FN6O. The van der Waals surface area contributed by atoms with Crippen molar-refractivity contribution in [3.8, 4) is 11.4 Å². The van der Waals surface area contributed by atoms with E-state index in [2.05, 4.69) is 24.7 Å². The average Bonchev–Trinajstić information content (AvgIpc) is 3.14. The molecule has 1 aromatic carbocycles. The summed E-state index contributed by atoms with van der Waals surface area (Å²) in [5.74, 6) is 1.20. The fourth-order valence-corrected chi connectivity index (χ4v) is 3.71. The number of benzene rings is 1. The van der Waals surface area contributed by atoms with Gasteiger partial charge in [-0.1, -0.05) is 12.8 Å². The number of aryl methyl sites for hydroxylation is 1. The Bertz CT molecular complexity index is 999. The number of nitrogens with zero attached hydrogens (tertiary/aromatic N) is 6. The number of halogens is 1. The maximum absolute atomic E-state index is 13.3. The fourth-order valence-electron chi connectivity index (χ4n) is 3.71. The molecule has 0 atom stereocenters. The Balaban J connectivity index is 1.57. The van der Waals surface area contributed by atoms with Crippen LogP contribution < -0.4 is 0 Å². The SMILES string of the molecule is Cc1cnc(C(=O)N2CCCCCCn3c(nnc3-c3ccc(F)cc3)CC2)cn1. The Morgan fingerprint density at radius 2 is 1.70 bits per heavy atom. The van der Waals surface area contributed by atoms with Gasteiger partial charge in [0.1, 0.15) is 17.3 Å². The van der Waals surface area contributed by atoms with Gasteiger partial charge in [0, 0.05) is 37.8 Å². The molecule has 0 bridgehead atoms. The first-order valence-electron chi connectivity index (χ1n) is 10.4. The number of rotatable bonds is 2. The smallest absolute Gasteiger partial charge is 0.274 e. The highest BCUT2D eigenvalue weighted by atomic mass is 19.1. The predicted molar refractivity (Wildman–Crippen MR) is 110 cm³/mol. The molecule has 0 fully saturated rings. The third-order valence-electron chi connectivity index (χ3n) is 5.38. The van der Waals surface area contributed by atoms with Gasteiger partial charge in [-0.3, -0.25) is 9.78 Å². The van der Waals surface area contributed by atoms with Gasteiger partial charge in [0.25, 0.3) is 5.91 Å². The van der Waals surface area contributed by atoms with Crippen molar-refractivity contribution in [1.29, 1.82) is 0 Å². The van der Waals surface area contributed by atoms with E-state index in [1.807, 2.05) is 11.8 Å². The van der Waals surface area contributed by atoms with E-state index in [0.717, 1.165) is 55.1 Å². The largest absolute Gasteiger partial charge is 0.337 e. The zero-order chi connectivity index (χ0) is 20.9. The van der Waals surface area contributed by atoms with Crippen molar-refractivity contribution in [2.24, 2.45) is 0 Å². The molecular weight excluding hydrogens is 383 g/mol. The topological polar surface area (TPSA) is 76.8 Å². The molecule has 0 unspecified atom stereocenters. The molecule has 0 aliphatic carbocycles. The normalized spacial score (nSPS) is 15.3. The Morgan fingerprint density at radius 1 is 0.933 bits per heavy atom. The summed E-state index contributed by atoms with van der Waals surface area (Å²) in [6.45, 7) is 3.88. The van der Waals surface area contributed by atoms with E-state index in [4.69, 9.17) is 0 Å². The lowest BCUT2D eigenvalue weighted by Gasteiger charge is -2.22. The van der Waals surface area contributed by atoms with Crippen LogP contribution in [0.25, 0.3) is 11.4 Å². The quantitative estimate of drug-likeness (QED) is 0.649. The first-order valence-corrected chi connectivity index (χ1v) is 10.4. The second-order valence-corrected chi connectivity index (χ2v) is 7.60. The highest BCUT2D eigenvalue weighted by Crippen LogP contribution is 2.21. The van der Waals surface area contributed by atoms with E-state index in [1.54, 1.807) is 18.3 Å². The lowest BCUT2D eigenvalue weighted by molar-refractivity contribution is 0.0747. The Labute approximate surface area is 175 Å². The summed E-state index contributed by atoms with van der Waals surface area (Å²) in [6, 6.07) is 6.32. The summed E-state index contributed by atoms with van der Waals surface area (Å²) in [5, 5.41) is 8.76. The van der Waals surface area contributed by atoms with Crippen molar-refractivity contribution >= 4 is 5.91 Å². The number of carbonyl (C=O) groups is 1. The van der Waals surface area contributed by atoms with Crippen molar-refractivity contribution in [3.05, 3.63) is 59.7 Å². The van der Waals surface area contributed by atoms with Crippen LogP contribution in [-0.2, 0) is 13.0 Å². The molecule has 8 heteroatoms. The second kappa shape index (κ2) is 9.11. The molecule has 3 aromatic rings. The molecule has 30 heavy (non-hydrogen) atoms. The molecule has 156 valence electrons. The number of aromatic nitrogens is 5. The fraction of sp³-hybridized carbons (Fsp3) is 0.409. The van der Waals surface area contributed by atoms with Crippen LogP contribution in [0.4, 0.5) is 4.39 Å². The van der Waals surface area contributed by atoms with Crippen molar-refractivity contribution in [2.75, 3.05) is 13.1 Å². The van der Waals surface area contributed by atoms with Crippen LogP contribution in [0.3, 0.4) is 0 Å². The van der Waals surface area contributed by atoms with Crippen LogP contribution in [0.5, 0.6) is 0 Å². The van der Waals surface area contributed by atoms with E-state index in [1.165, 1.54) is 18.3 Å². The zero-order valence-electron chi connectivity index (χ0n) is 17.1. The van der Waals surface area contributed by atoms with E-state index < -0.39 is 0 Å². The summed E-state index contributed by atoms with van der Waals surface area (Å²) in [7, 11) is 0. The van der Waals surface area contributed by atoms with E-state index in [-0.39, 0.29) is 11.7 Å². The molecule has 0 spiro atoms. The minimum atomic E-state index is -0.274.